The first kappa shape index (κ1) is 12.7. The van der Waals surface area contributed by atoms with Crippen LogP contribution in [0.2, 0.25) is 0 Å². The van der Waals surface area contributed by atoms with Crippen molar-refractivity contribution in [3.63, 3.8) is 0 Å². The zero-order chi connectivity index (χ0) is 12.0. The number of halogens is 1. The van der Waals surface area contributed by atoms with Gasteiger partial charge in [-0.1, -0.05) is 27.7 Å². The Labute approximate surface area is 104 Å². The highest BCUT2D eigenvalue weighted by Gasteiger charge is 2.52. The first-order chi connectivity index (χ1) is 7.26. The molecule has 1 spiro atoms. The summed E-state index contributed by atoms with van der Waals surface area (Å²) in [6, 6.07) is 0. The lowest BCUT2D eigenvalue weighted by atomic mass is 9.63. The van der Waals surface area contributed by atoms with Gasteiger partial charge in [-0.15, -0.1) is 11.6 Å². The summed E-state index contributed by atoms with van der Waals surface area (Å²) in [6.45, 7) is 9.86. The number of hydrogen-bond donors (Lipinski definition) is 0. The Bertz CT molecular complexity index is 257. The largest absolute Gasteiger partial charge is 0.347 e. The van der Waals surface area contributed by atoms with Gasteiger partial charge in [-0.2, -0.15) is 0 Å². The second-order valence-electron chi connectivity index (χ2n) is 6.97. The molecule has 2 nitrogen and oxygen atoms in total. The second-order valence-corrected chi connectivity index (χ2v) is 7.28. The molecule has 1 unspecified atom stereocenters. The first-order valence-corrected chi connectivity index (χ1v) is 6.67. The molecule has 1 saturated heterocycles. The Morgan fingerprint density at radius 2 is 1.62 bits per heavy atom. The fourth-order valence-electron chi connectivity index (χ4n) is 3.82. The van der Waals surface area contributed by atoms with Crippen LogP contribution in [0.5, 0.6) is 0 Å². The van der Waals surface area contributed by atoms with E-state index in [1.807, 2.05) is 0 Å². The zero-order valence-electron chi connectivity index (χ0n) is 10.8. The highest BCUT2D eigenvalue weighted by atomic mass is 35.5. The van der Waals surface area contributed by atoms with Crippen LogP contribution in [-0.4, -0.2) is 24.4 Å². The third-order valence-electron chi connectivity index (χ3n) is 3.54. The van der Waals surface area contributed by atoms with Gasteiger partial charge in [-0.05, 0) is 17.3 Å². The molecule has 16 heavy (non-hydrogen) atoms. The molecule has 1 saturated carbocycles. The van der Waals surface area contributed by atoms with Crippen LogP contribution in [0.25, 0.3) is 0 Å². The molecule has 0 bridgehead atoms. The van der Waals surface area contributed by atoms with Crippen molar-refractivity contribution in [2.45, 2.75) is 58.8 Å². The average molecular weight is 247 g/mol. The Hall–Kier alpha value is 0.210. The Balaban J connectivity index is 2.16. The van der Waals surface area contributed by atoms with Crippen molar-refractivity contribution in [2.75, 3.05) is 12.5 Å². The summed E-state index contributed by atoms with van der Waals surface area (Å²) >= 11 is 5.85. The van der Waals surface area contributed by atoms with Gasteiger partial charge in [0.1, 0.15) is 0 Å². The van der Waals surface area contributed by atoms with E-state index in [0.29, 0.717) is 12.5 Å². The first-order valence-electron chi connectivity index (χ1n) is 6.14. The summed E-state index contributed by atoms with van der Waals surface area (Å²) in [7, 11) is 0. The Morgan fingerprint density at radius 1 is 1.06 bits per heavy atom. The molecule has 1 atom stereocenters. The lowest BCUT2D eigenvalue weighted by molar-refractivity contribution is -0.228. The van der Waals surface area contributed by atoms with E-state index in [1.54, 1.807) is 0 Å². The minimum absolute atomic E-state index is 0.0753. The summed E-state index contributed by atoms with van der Waals surface area (Å²) in [5, 5.41) is 0. The summed E-state index contributed by atoms with van der Waals surface area (Å²) < 4.78 is 12.0. The van der Waals surface area contributed by atoms with Crippen LogP contribution < -0.4 is 0 Å². The average Bonchev–Trinajstić information content (AvgIpc) is 2.41. The molecule has 3 heteroatoms. The molecule has 0 amide bonds. The second kappa shape index (κ2) is 3.86. The van der Waals surface area contributed by atoms with E-state index in [2.05, 4.69) is 27.7 Å². The van der Waals surface area contributed by atoms with Crippen LogP contribution in [0.4, 0.5) is 0 Å². The van der Waals surface area contributed by atoms with Crippen molar-refractivity contribution in [1.29, 1.82) is 0 Å². The van der Waals surface area contributed by atoms with Gasteiger partial charge in [-0.3, -0.25) is 0 Å². The van der Waals surface area contributed by atoms with E-state index in [9.17, 15) is 0 Å². The quantitative estimate of drug-likeness (QED) is 0.659. The van der Waals surface area contributed by atoms with Gasteiger partial charge in [0, 0.05) is 12.8 Å². The van der Waals surface area contributed by atoms with Crippen LogP contribution in [0.3, 0.4) is 0 Å². The SMILES string of the molecule is CC1(C)CC(C)(C)CC2(C1)OCC(CCl)O2. The number of ether oxygens (including phenoxy) is 2. The molecule has 0 aromatic heterocycles. The molecular weight excluding hydrogens is 224 g/mol. The molecule has 1 aliphatic carbocycles. The van der Waals surface area contributed by atoms with Crippen molar-refractivity contribution in [3.05, 3.63) is 0 Å². The molecule has 1 heterocycles. The van der Waals surface area contributed by atoms with Gasteiger partial charge in [0.05, 0.1) is 18.6 Å². The van der Waals surface area contributed by atoms with Gasteiger partial charge in [0.2, 0.25) is 0 Å². The fourth-order valence-corrected chi connectivity index (χ4v) is 3.97. The van der Waals surface area contributed by atoms with Crippen LogP contribution in [0, 0.1) is 10.8 Å². The van der Waals surface area contributed by atoms with E-state index in [4.69, 9.17) is 21.1 Å². The maximum Gasteiger partial charge on any atom is 0.169 e. The predicted molar refractivity (Wildman–Crippen MR) is 65.7 cm³/mol. The van der Waals surface area contributed by atoms with Gasteiger partial charge < -0.3 is 9.47 Å². The van der Waals surface area contributed by atoms with E-state index >= 15 is 0 Å². The van der Waals surface area contributed by atoms with Gasteiger partial charge in [0.25, 0.3) is 0 Å². The Kier molecular flexibility index (Phi) is 3.05. The summed E-state index contributed by atoms with van der Waals surface area (Å²) in [5.74, 6) is 0.160. The number of rotatable bonds is 1. The molecule has 1 aliphatic heterocycles. The summed E-state index contributed by atoms with van der Waals surface area (Å²) in [6.07, 6.45) is 3.26. The summed E-state index contributed by atoms with van der Waals surface area (Å²) in [4.78, 5) is 0. The van der Waals surface area contributed by atoms with E-state index in [1.165, 1.54) is 6.42 Å². The van der Waals surface area contributed by atoms with Gasteiger partial charge >= 0.3 is 0 Å². The van der Waals surface area contributed by atoms with Crippen LogP contribution >= 0.6 is 11.6 Å². The van der Waals surface area contributed by atoms with Crippen LogP contribution in [0.1, 0.15) is 47.0 Å². The molecule has 2 rings (SSSR count). The maximum atomic E-state index is 6.06. The molecule has 0 radical (unpaired) electrons. The lowest BCUT2D eigenvalue weighted by Gasteiger charge is -2.49. The lowest BCUT2D eigenvalue weighted by Crippen LogP contribution is -2.47. The van der Waals surface area contributed by atoms with E-state index < -0.39 is 0 Å². The molecule has 2 fully saturated rings. The minimum atomic E-state index is -0.370. The molecular formula is C13H23ClO2. The van der Waals surface area contributed by atoms with Crippen molar-refractivity contribution in [3.8, 4) is 0 Å². The predicted octanol–water partition coefficient (Wildman–Crippen LogP) is 3.57. The smallest absolute Gasteiger partial charge is 0.169 e. The number of hydrogen-bond acceptors (Lipinski definition) is 2. The van der Waals surface area contributed by atoms with E-state index in [0.717, 1.165) is 12.8 Å². The fraction of sp³-hybridized carbons (Fsp3) is 1.00. The Morgan fingerprint density at radius 3 is 2.06 bits per heavy atom. The highest BCUT2D eigenvalue weighted by molar-refractivity contribution is 6.18. The summed E-state index contributed by atoms with van der Waals surface area (Å²) in [5.41, 5.74) is 0.561. The monoisotopic (exact) mass is 246 g/mol. The molecule has 0 N–H and O–H groups in total. The van der Waals surface area contributed by atoms with E-state index in [-0.39, 0.29) is 22.7 Å². The molecule has 94 valence electrons. The van der Waals surface area contributed by atoms with Crippen molar-refractivity contribution in [1.82, 2.24) is 0 Å². The van der Waals surface area contributed by atoms with Crippen LogP contribution in [0.15, 0.2) is 0 Å². The van der Waals surface area contributed by atoms with Crippen LogP contribution in [-0.2, 0) is 9.47 Å². The standard InChI is InChI=1S/C13H23ClO2/c1-11(2)7-12(3,4)9-13(8-11)15-6-10(5-14)16-13/h10H,5-9H2,1-4H3. The van der Waals surface area contributed by atoms with Crippen molar-refractivity contribution in [2.24, 2.45) is 10.8 Å². The molecule has 0 aromatic carbocycles. The maximum absolute atomic E-state index is 6.06. The van der Waals surface area contributed by atoms with Gasteiger partial charge in [-0.25, -0.2) is 0 Å². The topological polar surface area (TPSA) is 18.5 Å². The third-order valence-corrected chi connectivity index (χ3v) is 3.88. The van der Waals surface area contributed by atoms with Gasteiger partial charge in [0.15, 0.2) is 5.79 Å². The zero-order valence-corrected chi connectivity index (χ0v) is 11.6. The highest BCUT2D eigenvalue weighted by Crippen LogP contribution is 2.53. The molecule has 0 aromatic rings. The number of alkyl halides is 1. The normalized spacial score (nSPS) is 35.4. The third kappa shape index (κ3) is 2.55. The van der Waals surface area contributed by atoms with Crippen molar-refractivity contribution >= 4 is 11.6 Å². The minimum Gasteiger partial charge on any atom is -0.347 e. The molecule has 2 aliphatic rings. The van der Waals surface area contributed by atoms with Crippen molar-refractivity contribution < 1.29 is 9.47 Å².